The van der Waals surface area contributed by atoms with Crippen LogP contribution in [0.4, 0.5) is 0 Å². The molecule has 0 fully saturated rings. The van der Waals surface area contributed by atoms with E-state index in [4.69, 9.17) is 5.73 Å². The molecule has 2 N–H and O–H groups in total. The third-order valence-corrected chi connectivity index (χ3v) is 3.78. The average molecular weight is 262 g/mol. The number of aryl methyl sites for hydroxylation is 1. The zero-order chi connectivity index (χ0) is 13.9. The Kier molecular flexibility index (Phi) is 8.48. The highest BCUT2D eigenvalue weighted by Crippen LogP contribution is 2.20. The van der Waals surface area contributed by atoms with E-state index in [0.29, 0.717) is 0 Å². The molecule has 0 saturated heterocycles. The second-order valence-electron chi connectivity index (χ2n) is 5.42. The second kappa shape index (κ2) is 9.96. The third-order valence-electron chi connectivity index (χ3n) is 3.78. The first-order chi connectivity index (χ1) is 9.29. The van der Waals surface area contributed by atoms with Crippen LogP contribution in [0.3, 0.4) is 0 Å². The summed E-state index contributed by atoms with van der Waals surface area (Å²) in [6.07, 6.45) is 13.3. The van der Waals surface area contributed by atoms with Crippen LogP contribution in [0, 0.1) is 0 Å². The summed E-state index contributed by atoms with van der Waals surface area (Å²) in [7, 11) is 0. The Labute approximate surface area is 118 Å². The predicted octanol–water partition coefficient (Wildman–Crippen LogP) is 4.78. The Morgan fingerprint density at radius 3 is 2.42 bits per heavy atom. The summed E-state index contributed by atoms with van der Waals surface area (Å²) in [6.45, 7) is 4.43. The summed E-state index contributed by atoms with van der Waals surface area (Å²) < 4.78 is 0. The Morgan fingerprint density at radius 1 is 1.05 bits per heavy atom. The highest BCUT2D eigenvalue weighted by Gasteiger charge is 2.10. The van der Waals surface area contributed by atoms with Crippen molar-refractivity contribution in [3.05, 3.63) is 29.6 Å². The van der Waals surface area contributed by atoms with Crippen molar-refractivity contribution in [3.8, 4) is 0 Å². The molecule has 0 aromatic carbocycles. The van der Waals surface area contributed by atoms with Crippen LogP contribution in [-0.4, -0.2) is 4.98 Å². The minimum Gasteiger partial charge on any atom is -0.323 e. The highest BCUT2D eigenvalue weighted by atomic mass is 14.8. The van der Waals surface area contributed by atoms with Crippen molar-refractivity contribution in [3.63, 3.8) is 0 Å². The number of aromatic nitrogens is 1. The average Bonchev–Trinajstić information content (AvgIpc) is 2.46. The molecule has 0 saturated carbocycles. The molecular formula is C17H30N2. The first-order valence-corrected chi connectivity index (χ1v) is 7.99. The minimum absolute atomic E-state index is 0.117. The van der Waals surface area contributed by atoms with Crippen LogP contribution >= 0.6 is 0 Å². The number of unbranched alkanes of at least 4 members (excludes halogenated alkanes) is 6. The van der Waals surface area contributed by atoms with Gasteiger partial charge in [0.15, 0.2) is 0 Å². The molecule has 19 heavy (non-hydrogen) atoms. The third kappa shape index (κ3) is 6.20. The van der Waals surface area contributed by atoms with Gasteiger partial charge in [0.2, 0.25) is 0 Å². The van der Waals surface area contributed by atoms with Crippen molar-refractivity contribution in [2.45, 2.75) is 77.7 Å². The first-order valence-electron chi connectivity index (χ1n) is 7.99. The van der Waals surface area contributed by atoms with Gasteiger partial charge in [-0.2, -0.15) is 0 Å². The predicted molar refractivity (Wildman–Crippen MR) is 83.2 cm³/mol. The van der Waals surface area contributed by atoms with E-state index in [1.807, 2.05) is 12.3 Å². The number of hydrogen-bond donors (Lipinski definition) is 1. The lowest BCUT2D eigenvalue weighted by Gasteiger charge is -2.14. The lowest BCUT2D eigenvalue weighted by molar-refractivity contribution is 0.533. The standard InChI is InChI=1S/C17H30N2/c1-3-5-6-7-8-9-10-13-16(18)17-15(4-2)12-11-14-19-17/h11-12,14,16H,3-10,13,18H2,1-2H3. The van der Waals surface area contributed by atoms with Crippen LogP contribution in [0.2, 0.25) is 0 Å². The van der Waals surface area contributed by atoms with E-state index in [9.17, 15) is 0 Å². The van der Waals surface area contributed by atoms with Crippen molar-refractivity contribution in [1.29, 1.82) is 0 Å². The summed E-state index contributed by atoms with van der Waals surface area (Å²) in [4.78, 5) is 4.46. The van der Waals surface area contributed by atoms with Crippen molar-refractivity contribution >= 4 is 0 Å². The maximum absolute atomic E-state index is 6.27. The van der Waals surface area contributed by atoms with Gasteiger partial charge in [0.1, 0.15) is 0 Å². The normalized spacial score (nSPS) is 12.6. The summed E-state index contributed by atoms with van der Waals surface area (Å²) in [5, 5.41) is 0. The highest BCUT2D eigenvalue weighted by molar-refractivity contribution is 5.22. The van der Waals surface area contributed by atoms with Gasteiger partial charge in [-0.25, -0.2) is 0 Å². The number of rotatable bonds is 10. The molecule has 0 aliphatic heterocycles. The van der Waals surface area contributed by atoms with E-state index in [0.717, 1.165) is 18.5 Å². The fraction of sp³-hybridized carbons (Fsp3) is 0.706. The van der Waals surface area contributed by atoms with Gasteiger partial charge in [-0.3, -0.25) is 4.98 Å². The fourth-order valence-electron chi connectivity index (χ4n) is 2.54. The molecule has 1 aromatic heterocycles. The number of hydrogen-bond acceptors (Lipinski definition) is 2. The van der Waals surface area contributed by atoms with Crippen LogP contribution < -0.4 is 5.73 Å². The Hall–Kier alpha value is -0.890. The van der Waals surface area contributed by atoms with Gasteiger partial charge in [-0.1, -0.05) is 64.9 Å². The van der Waals surface area contributed by atoms with Gasteiger partial charge in [-0.15, -0.1) is 0 Å². The SMILES string of the molecule is CCCCCCCCCC(N)c1ncccc1CC. The zero-order valence-electron chi connectivity index (χ0n) is 12.7. The molecule has 0 aliphatic carbocycles. The topological polar surface area (TPSA) is 38.9 Å². The minimum atomic E-state index is 0.117. The summed E-state index contributed by atoms with van der Waals surface area (Å²) in [5.74, 6) is 0. The van der Waals surface area contributed by atoms with E-state index < -0.39 is 0 Å². The molecule has 0 radical (unpaired) electrons. The molecule has 0 amide bonds. The van der Waals surface area contributed by atoms with E-state index in [1.165, 1.54) is 50.5 Å². The van der Waals surface area contributed by atoms with E-state index in [2.05, 4.69) is 24.9 Å². The lowest BCUT2D eigenvalue weighted by Crippen LogP contribution is -2.14. The quantitative estimate of drug-likeness (QED) is 0.616. The second-order valence-corrected chi connectivity index (χ2v) is 5.42. The molecule has 1 unspecified atom stereocenters. The molecule has 0 spiro atoms. The van der Waals surface area contributed by atoms with Crippen LogP contribution in [0.1, 0.15) is 82.5 Å². The van der Waals surface area contributed by atoms with Gasteiger partial charge >= 0.3 is 0 Å². The van der Waals surface area contributed by atoms with E-state index in [1.54, 1.807) is 0 Å². The molecular weight excluding hydrogens is 232 g/mol. The van der Waals surface area contributed by atoms with Crippen molar-refractivity contribution < 1.29 is 0 Å². The molecule has 0 bridgehead atoms. The Bertz CT molecular complexity index is 336. The Balaban J connectivity index is 2.22. The number of pyridine rings is 1. The molecule has 0 aliphatic rings. The van der Waals surface area contributed by atoms with Crippen LogP contribution in [0.25, 0.3) is 0 Å². The van der Waals surface area contributed by atoms with Gasteiger partial charge in [0, 0.05) is 12.2 Å². The largest absolute Gasteiger partial charge is 0.323 e. The first kappa shape index (κ1) is 16.2. The van der Waals surface area contributed by atoms with Crippen molar-refractivity contribution in [1.82, 2.24) is 4.98 Å². The van der Waals surface area contributed by atoms with E-state index >= 15 is 0 Å². The monoisotopic (exact) mass is 262 g/mol. The molecule has 2 nitrogen and oxygen atoms in total. The van der Waals surface area contributed by atoms with Gasteiger partial charge < -0.3 is 5.73 Å². The van der Waals surface area contributed by atoms with Gasteiger partial charge in [0.05, 0.1) is 5.69 Å². The summed E-state index contributed by atoms with van der Waals surface area (Å²) >= 11 is 0. The summed E-state index contributed by atoms with van der Waals surface area (Å²) in [5.41, 5.74) is 8.68. The van der Waals surface area contributed by atoms with Gasteiger partial charge in [-0.05, 0) is 24.5 Å². The molecule has 1 atom stereocenters. The zero-order valence-corrected chi connectivity index (χ0v) is 12.7. The van der Waals surface area contributed by atoms with Gasteiger partial charge in [0.25, 0.3) is 0 Å². The molecule has 1 rings (SSSR count). The van der Waals surface area contributed by atoms with Crippen LogP contribution in [-0.2, 0) is 6.42 Å². The van der Waals surface area contributed by atoms with Crippen LogP contribution in [0.15, 0.2) is 18.3 Å². The lowest BCUT2D eigenvalue weighted by atomic mass is 9.99. The molecule has 108 valence electrons. The summed E-state index contributed by atoms with van der Waals surface area (Å²) in [6, 6.07) is 4.27. The van der Waals surface area contributed by atoms with E-state index in [-0.39, 0.29) is 6.04 Å². The van der Waals surface area contributed by atoms with Crippen LogP contribution in [0.5, 0.6) is 0 Å². The van der Waals surface area contributed by atoms with Crippen molar-refractivity contribution in [2.75, 3.05) is 0 Å². The van der Waals surface area contributed by atoms with Crippen molar-refractivity contribution in [2.24, 2.45) is 5.73 Å². The molecule has 2 heteroatoms. The fourth-order valence-corrected chi connectivity index (χ4v) is 2.54. The number of nitrogens with two attached hydrogens (primary N) is 1. The maximum Gasteiger partial charge on any atom is 0.0602 e. The number of nitrogens with zero attached hydrogens (tertiary/aromatic N) is 1. The maximum atomic E-state index is 6.27. The smallest absolute Gasteiger partial charge is 0.0602 e. The Morgan fingerprint density at radius 2 is 1.74 bits per heavy atom. The molecule has 1 heterocycles. The molecule has 1 aromatic rings.